The van der Waals surface area contributed by atoms with Crippen LogP contribution in [0.15, 0.2) is 24.3 Å². The number of unbranched alkanes of at least 4 members (excludes halogenated alkanes) is 4. The van der Waals surface area contributed by atoms with E-state index in [4.69, 9.17) is 4.74 Å². The fraction of sp³-hybridized carbons (Fsp3) is 0.667. The molecule has 114 valence electrons. The maximum absolute atomic E-state index is 5.76. The summed E-state index contributed by atoms with van der Waals surface area (Å²) in [5.74, 6) is 1.01. The van der Waals surface area contributed by atoms with Gasteiger partial charge >= 0.3 is 0 Å². The zero-order chi connectivity index (χ0) is 14.5. The minimum absolute atomic E-state index is 0.852. The molecule has 1 aromatic rings. The molecular weight excluding hydrogens is 246 g/mol. The predicted molar refractivity (Wildman–Crippen MR) is 86.4 cm³/mol. The summed E-state index contributed by atoms with van der Waals surface area (Å²) in [6.45, 7) is 7.87. The standard InChI is InChI=1S/C18H31NO/c1-3-5-14-19-15-8-6-7-9-16-20-18-12-10-17(4-2)11-13-18/h10-13,19H,3-9,14-16H2,1-2H3/p+1. The van der Waals surface area contributed by atoms with E-state index in [1.54, 1.807) is 0 Å². The summed E-state index contributed by atoms with van der Waals surface area (Å²) in [6, 6.07) is 8.48. The van der Waals surface area contributed by atoms with E-state index in [0.717, 1.165) is 18.8 Å². The molecule has 0 aliphatic heterocycles. The number of benzene rings is 1. The van der Waals surface area contributed by atoms with Gasteiger partial charge in [0.1, 0.15) is 5.75 Å². The van der Waals surface area contributed by atoms with Crippen molar-refractivity contribution in [3.63, 3.8) is 0 Å². The van der Waals surface area contributed by atoms with Crippen molar-refractivity contribution in [2.75, 3.05) is 19.7 Å². The van der Waals surface area contributed by atoms with Crippen molar-refractivity contribution < 1.29 is 10.1 Å². The molecule has 2 nitrogen and oxygen atoms in total. The number of hydrogen-bond donors (Lipinski definition) is 1. The molecule has 2 heteroatoms. The Morgan fingerprint density at radius 2 is 1.55 bits per heavy atom. The lowest BCUT2D eigenvalue weighted by atomic mass is 10.2. The number of hydrogen-bond acceptors (Lipinski definition) is 1. The zero-order valence-electron chi connectivity index (χ0n) is 13.4. The Kier molecular flexibility index (Phi) is 10.0. The van der Waals surface area contributed by atoms with Gasteiger partial charge in [-0.3, -0.25) is 0 Å². The Bertz CT molecular complexity index is 321. The van der Waals surface area contributed by atoms with Gasteiger partial charge in [-0.15, -0.1) is 0 Å². The summed E-state index contributed by atoms with van der Waals surface area (Å²) in [5.41, 5.74) is 1.37. The summed E-state index contributed by atoms with van der Waals surface area (Å²) < 4.78 is 5.76. The van der Waals surface area contributed by atoms with E-state index in [1.807, 2.05) is 0 Å². The van der Waals surface area contributed by atoms with Crippen molar-refractivity contribution in [2.24, 2.45) is 0 Å². The molecule has 0 amide bonds. The maximum atomic E-state index is 5.76. The van der Waals surface area contributed by atoms with Gasteiger partial charge in [0.2, 0.25) is 0 Å². The second kappa shape index (κ2) is 11.8. The average Bonchev–Trinajstić information content (AvgIpc) is 2.50. The number of aryl methyl sites for hydroxylation is 1. The second-order valence-corrected chi connectivity index (χ2v) is 5.48. The van der Waals surface area contributed by atoms with Crippen molar-refractivity contribution in [1.29, 1.82) is 0 Å². The first kappa shape index (κ1) is 17.0. The van der Waals surface area contributed by atoms with Crippen molar-refractivity contribution in [3.8, 4) is 5.75 Å². The van der Waals surface area contributed by atoms with E-state index in [-0.39, 0.29) is 0 Å². The topological polar surface area (TPSA) is 25.8 Å². The quantitative estimate of drug-likeness (QED) is 0.581. The molecule has 0 saturated carbocycles. The Labute approximate surface area is 124 Å². The van der Waals surface area contributed by atoms with Gasteiger partial charge in [0.05, 0.1) is 19.7 Å². The third-order valence-corrected chi connectivity index (χ3v) is 3.66. The monoisotopic (exact) mass is 278 g/mol. The van der Waals surface area contributed by atoms with Crippen molar-refractivity contribution in [3.05, 3.63) is 29.8 Å². The van der Waals surface area contributed by atoms with Crippen LogP contribution in [0.3, 0.4) is 0 Å². The number of quaternary nitrogens is 1. The highest BCUT2D eigenvalue weighted by Crippen LogP contribution is 2.13. The van der Waals surface area contributed by atoms with Gasteiger partial charge in [0, 0.05) is 0 Å². The molecule has 2 N–H and O–H groups in total. The van der Waals surface area contributed by atoms with Crippen LogP contribution in [0.5, 0.6) is 5.75 Å². The molecule has 0 saturated heterocycles. The van der Waals surface area contributed by atoms with E-state index >= 15 is 0 Å². The van der Waals surface area contributed by atoms with E-state index in [0.29, 0.717) is 0 Å². The van der Waals surface area contributed by atoms with E-state index in [1.165, 1.54) is 57.2 Å². The molecule has 0 heterocycles. The highest BCUT2D eigenvalue weighted by atomic mass is 16.5. The Morgan fingerprint density at radius 3 is 2.25 bits per heavy atom. The van der Waals surface area contributed by atoms with E-state index in [9.17, 15) is 0 Å². The van der Waals surface area contributed by atoms with Gasteiger partial charge in [-0.25, -0.2) is 0 Å². The van der Waals surface area contributed by atoms with Crippen molar-refractivity contribution >= 4 is 0 Å². The molecule has 0 fully saturated rings. The summed E-state index contributed by atoms with van der Waals surface area (Å²) >= 11 is 0. The highest BCUT2D eigenvalue weighted by Gasteiger charge is 1.96. The summed E-state index contributed by atoms with van der Waals surface area (Å²) in [4.78, 5) is 0. The Hall–Kier alpha value is -1.02. The van der Waals surface area contributed by atoms with Crippen LogP contribution in [0.4, 0.5) is 0 Å². The van der Waals surface area contributed by atoms with Crippen LogP contribution < -0.4 is 10.1 Å². The minimum Gasteiger partial charge on any atom is -0.494 e. The van der Waals surface area contributed by atoms with E-state index in [2.05, 4.69) is 43.4 Å². The van der Waals surface area contributed by atoms with Crippen LogP contribution in [-0.2, 0) is 6.42 Å². The lowest BCUT2D eigenvalue weighted by Crippen LogP contribution is -2.84. The van der Waals surface area contributed by atoms with Crippen LogP contribution >= 0.6 is 0 Å². The van der Waals surface area contributed by atoms with Crippen LogP contribution in [0.2, 0.25) is 0 Å². The van der Waals surface area contributed by atoms with Gasteiger partial charge in [-0.2, -0.15) is 0 Å². The number of ether oxygens (including phenoxy) is 1. The zero-order valence-corrected chi connectivity index (χ0v) is 13.4. The molecule has 0 aliphatic carbocycles. The number of nitrogens with two attached hydrogens (primary N) is 1. The molecule has 0 atom stereocenters. The third kappa shape index (κ3) is 8.21. The first-order chi connectivity index (χ1) is 9.86. The smallest absolute Gasteiger partial charge is 0.119 e. The first-order valence-electron chi connectivity index (χ1n) is 8.40. The highest BCUT2D eigenvalue weighted by molar-refractivity contribution is 5.27. The molecule has 0 spiro atoms. The van der Waals surface area contributed by atoms with Crippen LogP contribution in [0, 0.1) is 0 Å². The minimum atomic E-state index is 0.852. The maximum Gasteiger partial charge on any atom is 0.119 e. The summed E-state index contributed by atoms with van der Waals surface area (Å²) in [6.07, 6.45) is 8.89. The van der Waals surface area contributed by atoms with Gasteiger partial charge in [-0.05, 0) is 56.2 Å². The van der Waals surface area contributed by atoms with E-state index < -0.39 is 0 Å². The molecule has 1 aromatic carbocycles. The van der Waals surface area contributed by atoms with Gasteiger partial charge in [0.15, 0.2) is 0 Å². The fourth-order valence-corrected chi connectivity index (χ4v) is 2.25. The van der Waals surface area contributed by atoms with Gasteiger partial charge < -0.3 is 10.1 Å². The average molecular weight is 278 g/mol. The normalized spacial score (nSPS) is 10.7. The van der Waals surface area contributed by atoms with Crippen LogP contribution in [0.25, 0.3) is 0 Å². The Morgan fingerprint density at radius 1 is 0.850 bits per heavy atom. The molecule has 20 heavy (non-hydrogen) atoms. The van der Waals surface area contributed by atoms with Crippen LogP contribution in [-0.4, -0.2) is 19.7 Å². The lowest BCUT2D eigenvalue weighted by Gasteiger charge is -2.06. The Balaban J connectivity index is 1.91. The molecule has 0 aromatic heterocycles. The molecule has 1 rings (SSSR count). The molecule has 0 aliphatic rings. The number of rotatable bonds is 12. The van der Waals surface area contributed by atoms with Crippen molar-refractivity contribution in [2.45, 2.75) is 58.8 Å². The van der Waals surface area contributed by atoms with Gasteiger partial charge in [0.25, 0.3) is 0 Å². The predicted octanol–water partition coefficient (Wildman–Crippen LogP) is 3.55. The molecular formula is C18H32NO+. The molecule has 0 radical (unpaired) electrons. The second-order valence-electron chi connectivity index (χ2n) is 5.48. The first-order valence-corrected chi connectivity index (χ1v) is 8.40. The fourth-order valence-electron chi connectivity index (χ4n) is 2.25. The van der Waals surface area contributed by atoms with Crippen LogP contribution in [0.1, 0.15) is 57.9 Å². The largest absolute Gasteiger partial charge is 0.494 e. The van der Waals surface area contributed by atoms with Gasteiger partial charge in [-0.1, -0.05) is 32.4 Å². The van der Waals surface area contributed by atoms with Crippen molar-refractivity contribution in [1.82, 2.24) is 0 Å². The summed E-state index contributed by atoms with van der Waals surface area (Å²) in [5, 5.41) is 2.45. The summed E-state index contributed by atoms with van der Waals surface area (Å²) in [7, 11) is 0. The SMILES string of the molecule is CCCC[NH2+]CCCCCCOc1ccc(CC)cc1. The molecule has 0 unspecified atom stereocenters. The molecule has 0 bridgehead atoms. The lowest BCUT2D eigenvalue weighted by molar-refractivity contribution is -0.655. The third-order valence-electron chi connectivity index (χ3n) is 3.66.